The average Bonchev–Trinajstić information content (AvgIpc) is 2.38. The molecule has 0 unspecified atom stereocenters. The van der Waals surface area contributed by atoms with Gasteiger partial charge in [0.25, 0.3) is 0 Å². The SMILES string of the molecule is CC(C)(C)CC[C@H](CO)CCCCN1CCOCC1. The van der Waals surface area contributed by atoms with Crippen LogP contribution in [0.25, 0.3) is 0 Å². The molecule has 3 nitrogen and oxygen atoms in total. The Morgan fingerprint density at radius 1 is 1.11 bits per heavy atom. The van der Waals surface area contributed by atoms with Gasteiger partial charge in [-0.3, -0.25) is 4.90 Å². The molecule has 1 fully saturated rings. The van der Waals surface area contributed by atoms with Crippen molar-refractivity contribution in [3.63, 3.8) is 0 Å². The van der Waals surface area contributed by atoms with Gasteiger partial charge in [-0.15, -0.1) is 0 Å². The van der Waals surface area contributed by atoms with Gasteiger partial charge in [0.05, 0.1) is 13.2 Å². The summed E-state index contributed by atoms with van der Waals surface area (Å²) in [7, 11) is 0. The first-order chi connectivity index (χ1) is 9.01. The number of aliphatic hydroxyl groups excluding tert-OH is 1. The topological polar surface area (TPSA) is 32.7 Å². The molecule has 0 aliphatic carbocycles. The molecule has 1 aliphatic heterocycles. The van der Waals surface area contributed by atoms with Crippen LogP contribution >= 0.6 is 0 Å². The van der Waals surface area contributed by atoms with E-state index in [0.717, 1.165) is 32.7 Å². The van der Waals surface area contributed by atoms with Crippen LogP contribution in [-0.4, -0.2) is 49.5 Å². The van der Waals surface area contributed by atoms with Crippen LogP contribution in [0, 0.1) is 11.3 Å². The van der Waals surface area contributed by atoms with E-state index in [9.17, 15) is 5.11 Å². The molecule has 19 heavy (non-hydrogen) atoms. The first kappa shape index (κ1) is 16.9. The van der Waals surface area contributed by atoms with Crippen molar-refractivity contribution in [2.24, 2.45) is 11.3 Å². The minimum absolute atomic E-state index is 0.355. The van der Waals surface area contributed by atoms with Gasteiger partial charge in [-0.2, -0.15) is 0 Å². The zero-order chi connectivity index (χ0) is 14.1. The molecule has 1 aliphatic rings. The van der Waals surface area contributed by atoms with E-state index in [1.54, 1.807) is 0 Å². The van der Waals surface area contributed by atoms with Gasteiger partial charge < -0.3 is 9.84 Å². The highest BCUT2D eigenvalue weighted by atomic mass is 16.5. The van der Waals surface area contributed by atoms with Gasteiger partial charge in [0.1, 0.15) is 0 Å². The van der Waals surface area contributed by atoms with Crippen LogP contribution in [0.3, 0.4) is 0 Å². The number of nitrogens with zero attached hydrogens (tertiary/aromatic N) is 1. The minimum Gasteiger partial charge on any atom is -0.396 e. The summed E-state index contributed by atoms with van der Waals surface area (Å²) in [6.07, 6.45) is 6.05. The van der Waals surface area contributed by atoms with Crippen molar-refractivity contribution < 1.29 is 9.84 Å². The van der Waals surface area contributed by atoms with E-state index in [0.29, 0.717) is 17.9 Å². The molecule has 1 heterocycles. The molecule has 0 aromatic rings. The summed E-state index contributed by atoms with van der Waals surface area (Å²) in [6, 6.07) is 0. The molecular formula is C16H33NO2. The highest BCUT2D eigenvalue weighted by Gasteiger charge is 2.15. The fraction of sp³-hybridized carbons (Fsp3) is 1.00. The lowest BCUT2D eigenvalue weighted by Crippen LogP contribution is -2.36. The zero-order valence-corrected chi connectivity index (χ0v) is 13.2. The van der Waals surface area contributed by atoms with Crippen LogP contribution in [0.1, 0.15) is 52.9 Å². The second kappa shape index (κ2) is 8.93. The lowest BCUT2D eigenvalue weighted by atomic mass is 9.85. The van der Waals surface area contributed by atoms with Crippen LogP contribution in [-0.2, 0) is 4.74 Å². The summed E-state index contributed by atoms with van der Waals surface area (Å²) in [6.45, 7) is 12.4. The Morgan fingerprint density at radius 2 is 1.79 bits per heavy atom. The monoisotopic (exact) mass is 271 g/mol. The van der Waals surface area contributed by atoms with Crippen molar-refractivity contribution in [3.05, 3.63) is 0 Å². The molecule has 1 atom stereocenters. The van der Waals surface area contributed by atoms with Gasteiger partial charge >= 0.3 is 0 Å². The Hall–Kier alpha value is -0.120. The van der Waals surface area contributed by atoms with Gasteiger partial charge in [0.2, 0.25) is 0 Å². The van der Waals surface area contributed by atoms with Crippen LogP contribution in [0.15, 0.2) is 0 Å². The molecule has 1 N–H and O–H groups in total. The van der Waals surface area contributed by atoms with Gasteiger partial charge in [0, 0.05) is 19.7 Å². The van der Waals surface area contributed by atoms with E-state index in [-0.39, 0.29) is 0 Å². The number of morpholine rings is 1. The molecule has 1 saturated heterocycles. The lowest BCUT2D eigenvalue weighted by molar-refractivity contribution is 0.0368. The largest absolute Gasteiger partial charge is 0.396 e. The first-order valence-electron chi connectivity index (χ1n) is 7.92. The van der Waals surface area contributed by atoms with Crippen molar-refractivity contribution in [1.82, 2.24) is 4.90 Å². The number of ether oxygens (including phenoxy) is 1. The number of aliphatic hydroxyl groups is 1. The molecule has 0 bridgehead atoms. The van der Waals surface area contributed by atoms with Gasteiger partial charge in [-0.1, -0.05) is 27.2 Å². The second-order valence-electron chi connectivity index (χ2n) is 7.10. The standard InChI is InChI=1S/C16H33NO2/c1-16(2,3)8-7-15(14-18)6-4-5-9-17-10-12-19-13-11-17/h15,18H,4-14H2,1-3H3/t15-/m1/s1. The van der Waals surface area contributed by atoms with Gasteiger partial charge in [-0.25, -0.2) is 0 Å². The van der Waals surface area contributed by atoms with Crippen LogP contribution in [0.5, 0.6) is 0 Å². The van der Waals surface area contributed by atoms with Crippen molar-refractivity contribution >= 4 is 0 Å². The minimum atomic E-state index is 0.355. The van der Waals surface area contributed by atoms with Crippen molar-refractivity contribution in [3.8, 4) is 0 Å². The van der Waals surface area contributed by atoms with Crippen LogP contribution in [0.4, 0.5) is 0 Å². The molecule has 0 amide bonds. The maximum absolute atomic E-state index is 9.44. The molecule has 114 valence electrons. The molecule has 0 aromatic carbocycles. The Morgan fingerprint density at radius 3 is 2.37 bits per heavy atom. The molecule has 0 saturated carbocycles. The Balaban J connectivity index is 2.05. The lowest BCUT2D eigenvalue weighted by Gasteiger charge is -2.26. The maximum atomic E-state index is 9.44. The van der Waals surface area contributed by atoms with E-state index in [1.807, 2.05) is 0 Å². The second-order valence-corrected chi connectivity index (χ2v) is 7.10. The summed E-state index contributed by atoms with van der Waals surface area (Å²) in [5, 5.41) is 9.44. The van der Waals surface area contributed by atoms with E-state index >= 15 is 0 Å². The van der Waals surface area contributed by atoms with Crippen molar-refractivity contribution in [2.45, 2.75) is 52.9 Å². The molecule has 0 radical (unpaired) electrons. The average molecular weight is 271 g/mol. The van der Waals surface area contributed by atoms with Crippen LogP contribution < -0.4 is 0 Å². The summed E-state index contributed by atoms with van der Waals surface area (Å²) in [4.78, 5) is 2.49. The third-order valence-electron chi connectivity index (χ3n) is 4.00. The highest BCUT2D eigenvalue weighted by Crippen LogP contribution is 2.25. The molecule has 0 spiro atoms. The number of hydrogen-bond donors (Lipinski definition) is 1. The number of hydrogen-bond acceptors (Lipinski definition) is 3. The summed E-state index contributed by atoms with van der Waals surface area (Å²) in [5.74, 6) is 0.504. The summed E-state index contributed by atoms with van der Waals surface area (Å²) >= 11 is 0. The van der Waals surface area contributed by atoms with Crippen molar-refractivity contribution in [1.29, 1.82) is 0 Å². The molecular weight excluding hydrogens is 238 g/mol. The van der Waals surface area contributed by atoms with Gasteiger partial charge in [0.15, 0.2) is 0 Å². The summed E-state index contributed by atoms with van der Waals surface area (Å²) < 4.78 is 5.35. The maximum Gasteiger partial charge on any atom is 0.0594 e. The zero-order valence-electron chi connectivity index (χ0n) is 13.2. The normalized spacial score (nSPS) is 19.6. The third kappa shape index (κ3) is 8.61. The molecule has 3 heteroatoms. The molecule has 1 rings (SSSR count). The summed E-state index contributed by atoms with van der Waals surface area (Å²) in [5.41, 5.74) is 0.390. The first-order valence-corrected chi connectivity index (χ1v) is 7.92. The Bertz CT molecular complexity index is 219. The van der Waals surface area contributed by atoms with E-state index in [4.69, 9.17) is 4.74 Å². The predicted octanol–water partition coefficient (Wildman–Crippen LogP) is 2.92. The fourth-order valence-electron chi connectivity index (χ4n) is 2.56. The fourth-order valence-corrected chi connectivity index (χ4v) is 2.56. The van der Waals surface area contributed by atoms with Crippen molar-refractivity contribution in [2.75, 3.05) is 39.5 Å². The third-order valence-corrected chi connectivity index (χ3v) is 4.00. The quantitative estimate of drug-likeness (QED) is 0.689. The van der Waals surface area contributed by atoms with Crippen LogP contribution in [0.2, 0.25) is 0 Å². The Labute approximate surface area is 119 Å². The number of unbranched alkanes of at least 4 members (excludes halogenated alkanes) is 1. The van der Waals surface area contributed by atoms with E-state index in [1.165, 1.54) is 32.2 Å². The van der Waals surface area contributed by atoms with Gasteiger partial charge in [-0.05, 0) is 43.6 Å². The van der Waals surface area contributed by atoms with E-state index < -0.39 is 0 Å². The van der Waals surface area contributed by atoms with E-state index in [2.05, 4.69) is 25.7 Å². The Kier molecular flexibility index (Phi) is 7.96. The highest BCUT2D eigenvalue weighted by molar-refractivity contribution is 4.67. The number of rotatable bonds is 8. The predicted molar refractivity (Wildman–Crippen MR) is 80.4 cm³/mol. The smallest absolute Gasteiger partial charge is 0.0594 e. The molecule has 0 aromatic heterocycles.